The van der Waals surface area contributed by atoms with Gasteiger partial charge in [0, 0.05) is 22.8 Å². The molecule has 2 rings (SSSR count). The molecule has 14 heavy (non-hydrogen) atoms. The van der Waals surface area contributed by atoms with Gasteiger partial charge in [-0.05, 0) is 11.6 Å². The van der Waals surface area contributed by atoms with Crippen LogP contribution in [0.4, 0.5) is 0 Å². The Morgan fingerprint density at radius 3 is 2.50 bits per heavy atom. The summed E-state index contributed by atoms with van der Waals surface area (Å²) < 4.78 is 0. The Morgan fingerprint density at radius 2 is 2.00 bits per heavy atom. The van der Waals surface area contributed by atoms with Crippen molar-refractivity contribution in [3.63, 3.8) is 0 Å². The monoisotopic (exact) mass is 208 g/mol. The van der Waals surface area contributed by atoms with Gasteiger partial charge in [0.25, 0.3) is 0 Å². The molecule has 74 valence electrons. The number of benzene rings is 1. The number of hydrogen-bond acceptors (Lipinski definition) is 1. The normalized spacial score (nSPS) is 24.5. The van der Waals surface area contributed by atoms with Crippen molar-refractivity contribution < 1.29 is 4.79 Å². The van der Waals surface area contributed by atoms with Crippen LogP contribution >= 0.6 is 11.6 Å². The van der Waals surface area contributed by atoms with Crippen LogP contribution in [0, 0.1) is 5.41 Å². The highest BCUT2D eigenvalue weighted by Crippen LogP contribution is 2.50. The summed E-state index contributed by atoms with van der Waals surface area (Å²) in [5.74, 6) is 0.631. The van der Waals surface area contributed by atoms with Crippen molar-refractivity contribution in [1.82, 2.24) is 0 Å². The topological polar surface area (TPSA) is 17.1 Å². The molecular formula is C12H13ClO. The number of rotatable bonds is 1. The molecule has 1 aliphatic carbocycles. The molecule has 1 saturated carbocycles. The number of hydrogen-bond donors (Lipinski definition) is 0. The number of carbonyl (C=O) groups excluding carboxylic acids is 1. The highest BCUT2D eigenvalue weighted by Gasteiger charge is 2.48. The molecule has 0 amide bonds. The largest absolute Gasteiger partial charge is 0.299 e. The summed E-state index contributed by atoms with van der Waals surface area (Å²) >= 11 is 6.10. The predicted molar refractivity (Wildman–Crippen MR) is 57.6 cm³/mol. The molecular weight excluding hydrogens is 196 g/mol. The van der Waals surface area contributed by atoms with Crippen LogP contribution in [0.5, 0.6) is 0 Å². The van der Waals surface area contributed by atoms with E-state index in [1.54, 1.807) is 0 Å². The van der Waals surface area contributed by atoms with Crippen molar-refractivity contribution in [3.8, 4) is 0 Å². The minimum Gasteiger partial charge on any atom is -0.299 e. The zero-order valence-corrected chi connectivity index (χ0v) is 9.14. The van der Waals surface area contributed by atoms with Crippen molar-refractivity contribution in [2.75, 3.05) is 0 Å². The first-order valence-electron chi connectivity index (χ1n) is 4.81. The first-order chi connectivity index (χ1) is 6.53. The van der Waals surface area contributed by atoms with E-state index in [1.807, 2.05) is 38.1 Å². The van der Waals surface area contributed by atoms with E-state index in [9.17, 15) is 4.79 Å². The summed E-state index contributed by atoms with van der Waals surface area (Å²) in [4.78, 5) is 11.4. The molecule has 0 aromatic heterocycles. The van der Waals surface area contributed by atoms with Crippen molar-refractivity contribution in [2.24, 2.45) is 5.41 Å². The smallest absolute Gasteiger partial charge is 0.139 e. The summed E-state index contributed by atoms with van der Waals surface area (Å²) in [7, 11) is 0. The molecule has 1 nitrogen and oxygen atoms in total. The minimum atomic E-state index is -0.231. The average Bonchev–Trinajstić information content (AvgIpc) is 2.16. The van der Waals surface area contributed by atoms with Crippen LogP contribution in [0.1, 0.15) is 31.7 Å². The highest BCUT2D eigenvalue weighted by atomic mass is 35.5. The fourth-order valence-corrected chi connectivity index (χ4v) is 2.29. The van der Waals surface area contributed by atoms with Gasteiger partial charge in [-0.2, -0.15) is 0 Å². The summed E-state index contributed by atoms with van der Waals surface area (Å²) in [6.45, 7) is 3.99. The molecule has 1 aromatic rings. The Labute approximate surface area is 89.1 Å². The lowest BCUT2D eigenvalue weighted by Gasteiger charge is -2.43. The van der Waals surface area contributed by atoms with Gasteiger partial charge in [0.2, 0.25) is 0 Å². The number of ketones is 1. The van der Waals surface area contributed by atoms with Crippen molar-refractivity contribution in [3.05, 3.63) is 34.9 Å². The molecule has 0 heterocycles. The molecule has 1 aliphatic rings. The van der Waals surface area contributed by atoms with E-state index in [1.165, 1.54) is 0 Å². The molecule has 0 aliphatic heterocycles. The Morgan fingerprint density at radius 1 is 1.36 bits per heavy atom. The highest BCUT2D eigenvalue weighted by molar-refractivity contribution is 6.31. The fraction of sp³-hybridized carbons (Fsp3) is 0.417. The molecule has 1 unspecified atom stereocenters. The maximum absolute atomic E-state index is 11.4. The third-order valence-corrected chi connectivity index (χ3v) is 3.60. The van der Waals surface area contributed by atoms with Gasteiger partial charge in [0.1, 0.15) is 5.78 Å². The summed E-state index contributed by atoms with van der Waals surface area (Å²) in [5.41, 5.74) is 0.879. The Balaban J connectivity index is 2.35. The molecule has 0 saturated heterocycles. The Kier molecular flexibility index (Phi) is 2.15. The van der Waals surface area contributed by atoms with Crippen LogP contribution in [-0.2, 0) is 4.79 Å². The molecule has 1 atom stereocenters. The lowest BCUT2D eigenvalue weighted by molar-refractivity contribution is -0.137. The number of carbonyl (C=O) groups is 1. The lowest BCUT2D eigenvalue weighted by atomic mass is 9.59. The van der Waals surface area contributed by atoms with Crippen LogP contribution in [0.15, 0.2) is 24.3 Å². The second-order valence-electron chi connectivity index (χ2n) is 4.42. The predicted octanol–water partition coefficient (Wildman–Crippen LogP) is 3.42. The zero-order chi connectivity index (χ0) is 10.3. The maximum atomic E-state index is 11.4. The van der Waals surface area contributed by atoms with Gasteiger partial charge < -0.3 is 0 Å². The van der Waals surface area contributed by atoms with Gasteiger partial charge in [-0.15, -0.1) is 0 Å². The van der Waals surface area contributed by atoms with E-state index >= 15 is 0 Å². The second-order valence-corrected chi connectivity index (χ2v) is 4.83. The third kappa shape index (κ3) is 1.27. The molecule has 0 N–H and O–H groups in total. The zero-order valence-electron chi connectivity index (χ0n) is 8.38. The van der Waals surface area contributed by atoms with Gasteiger partial charge >= 0.3 is 0 Å². The number of Topliss-reactive ketones (excluding diaryl/α,β-unsaturated/α-hetero) is 1. The average molecular weight is 209 g/mol. The second kappa shape index (κ2) is 3.09. The quantitative estimate of drug-likeness (QED) is 0.691. The van der Waals surface area contributed by atoms with Gasteiger partial charge in [-0.25, -0.2) is 0 Å². The van der Waals surface area contributed by atoms with Crippen molar-refractivity contribution >= 4 is 17.4 Å². The van der Waals surface area contributed by atoms with Gasteiger partial charge in [-0.1, -0.05) is 43.6 Å². The first-order valence-corrected chi connectivity index (χ1v) is 5.19. The number of halogens is 1. The van der Waals surface area contributed by atoms with Crippen LogP contribution in [-0.4, -0.2) is 5.78 Å². The van der Waals surface area contributed by atoms with Crippen LogP contribution in [0.2, 0.25) is 5.02 Å². The van der Waals surface area contributed by atoms with Gasteiger partial charge in [-0.3, -0.25) is 4.79 Å². The van der Waals surface area contributed by atoms with Crippen LogP contribution in [0.25, 0.3) is 0 Å². The van der Waals surface area contributed by atoms with E-state index in [0.717, 1.165) is 10.6 Å². The SMILES string of the molecule is CC1(C)C(=O)CC1c1ccccc1Cl. The van der Waals surface area contributed by atoms with Gasteiger partial charge in [0.15, 0.2) is 0 Å². The van der Waals surface area contributed by atoms with E-state index in [0.29, 0.717) is 18.1 Å². The van der Waals surface area contributed by atoms with Crippen molar-refractivity contribution in [2.45, 2.75) is 26.2 Å². The van der Waals surface area contributed by atoms with Gasteiger partial charge in [0.05, 0.1) is 0 Å². The Hall–Kier alpha value is -0.820. The summed E-state index contributed by atoms with van der Waals surface area (Å²) in [6.07, 6.45) is 0.636. The maximum Gasteiger partial charge on any atom is 0.139 e. The summed E-state index contributed by atoms with van der Waals surface area (Å²) in [6, 6.07) is 7.79. The molecule has 1 fully saturated rings. The molecule has 0 bridgehead atoms. The van der Waals surface area contributed by atoms with E-state index in [-0.39, 0.29) is 5.41 Å². The first kappa shape index (κ1) is 9.72. The Bertz CT molecular complexity index is 382. The minimum absolute atomic E-state index is 0.231. The van der Waals surface area contributed by atoms with E-state index in [4.69, 9.17) is 11.6 Å². The molecule has 1 aromatic carbocycles. The molecule has 2 heteroatoms. The standard InChI is InChI=1S/C12H13ClO/c1-12(2)9(7-11(12)14)8-5-3-4-6-10(8)13/h3-6,9H,7H2,1-2H3. The molecule has 0 radical (unpaired) electrons. The fourth-order valence-electron chi connectivity index (χ4n) is 2.02. The van der Waals surface area contributed by atoms with E-state index < -0.39 is 0 Å². The van der Waals surface area contributed by atoms with E-state index in [2.05, 4.69) is 0 Å². The lowest BCUT2D eigenvalue weighted by Crippen LogP contribution is -2.43. The molecule has 0 spiro atoms. The third-order valence-electron chi connectivity index (χ3n) is 3.26. The van der Waals surface area contributed by atoms with Crippen LogP contribution in [0.3, 0.4) is 0 Å². The van der Waals surface area contributed by atoms with Crippen LogP contribution < -0.4 is 0 Å². The summed E-state index contributed by atoms with van der Waals surface area (Å²) in [5, 5.41) is 0.776. The van der Waals surface area contributed by atoms with Crippen molar-refractivity contribution in [1.29, 1.82) is 0 Å².